The summed E-state index contributed by atoms with van der Waals surface area (Å²) in [5, 5.41) is 11.2. The zero-order valence-corrected chi connectivity index (χ0v) is 11.2. The van der Waals surface area contributed by atoms with Gasteiger partial charge in [0.15, 0.2) is 0 Å². The van der Waals surface area contributed by atoms with Crippen molar-refractivity contribution < 1.29 is 14.6 Å². The molecule has 0 aliphatic carbocycles. The summed E-state index contributed by atoms with van der Waals surface area (Å²) in [6.45, 7) is 2.11. The quantitative estimate of drug-likeness (QED) is 0.872. The van der Waals surface area contributed by atoms with Gasteiger partial charge in [0.25, 0.3) is 5.91 Å². The molecule has 2 rings (SSSR count). The Balaban J connectivity index is 2.09. The van der Waals surface area contributed by atoms with E-state index in [4.69, 9.17) is 9.84 Å². The third-order valence-electron chi connectivity index (χ3n) is 2.63. The van der Waals surface area contributed by atoms with E-state index < -0.39 is 0 Å². The first-order valence-electron chi connectivity index (χ1n) is 6.27. The highest BCUT2D eigenvalue weighted by molar-refractivity contribution is 5.94. The SMILES string of the molecule is Cc1ccc(Oc2cncc(C(=O)NCCO)c2)cc1. The van der Waals surface area contributed by atoms with Crippen LogP contribution in [0.15, 0.2) is 42.7 Å². The molecule has 20 heavy (non-hydrogen) atoms. The molecular weight excluding hydrogens is 256 g/mol. The van der Waals surface area contributed by atoms with E-state index in [0.29, 0.717) is 17.1 Å². The summed E-state index contributed by atoms with van der Waals surface area (Å²) in [6.07, 6.45) is 3.00. The van der Waals surface area contributed by atoms with Crippen LogP contribution in [0.4, 0.5) is 0 Å². The van der Waals surface area contributed by atoms with E-state index in [1.807, 2.05) is 31.2 Å². The van der Waals surface area contributed by atoms with Gasteiger partial charge in [-0.15, -0.1) is 0 Å². The van der Waals surface area contributed by atoms with Crippen molar-refractivity contribution in [3.63, 3.8) is 0 Å². The number of carbonyl (C=O) groups is 1. The van der Waals surface area contributed by atoms with Crippen molar-refractivity contribution in [2.24, 2.45) is 0 Å². The lowest BCUT2D eigenvalue weighted by Crippen LogP contribution is -2.26. The standard InChI is InChI=1S/C15H16N2O3/c1-11-2-4-13(5-3-11)20-14-8-12(9-16-10-14)15(19)17-6-7-18/h2-5,8-10,18H,6-7H2,1H3,(H,17,19). The number of carbonyl (C=O) groups excluding carboxylic acids is 1. The van der Waals surface area contributed by atoms with Gasteiger partial charge in [0.1, 0.15) is 11.5 Å². The fourth-order valence-electron chi connectivity index (χ4n) is 1.61. The number of aryl methyl sites for hydroxylation is 1. The van der Waals surface area contributed by atoms with Crippen LogP contribution in [-0.4, -0.2) is 29.1 Å². The van der Waals surface area contributed by atoms with Gasteiger partial charge < -0.3 is 15.2 Å². The van der Waals surface area contributed by atoms with Crippen molar-refractivity contribution in [1.29, 1.82) is 0 Å². The highest BCUT2D eigenvalue weighted by Crippen LogP contribution is 2.21. The van der Waals surface area contributed by atoms with E-state index in [1.165, 1.54) is 6.20 Å². The zero-order valence-electron chi connectivity index (χ0n) is 11.2. The number of nitrogens with zero attached hydrogens (tertiary/aromatic N) is 1. The molecule has 1 amide bonds. The van der Waals surface area contributed by atoms with Gasteiger partial charge in [-0.2, -0.15) is 0 Å². The number of rotatable bonds is 5. The topological polar surface area (TPSA) is 71.5 Å². The third kappa shape index (κ3) is 3.80. The molecule has 0 spiro atoms. The number of amides is 1. The number of nitrogens with one attached hydrogen (secondary N) is 1. The Morgan fingerprint density at radius 3 is 2.70 bits per heavy atom. The molecule has 104 valence electrons. The van der Waals surface area contributed by atoms with Crippen LogP contribution in [0.3, 0.4) is 0 Å². The summed E-state index contributed by atoms with van der Waals surface area (Å²) in [4.78, 5) is 15.7. The van der Waals surface area contributed by atoms with Gasteiger partial charge >= 0.3 is 0 Å². The second-order valence-corrected chi connectivity index (χ2v) is 4.30. The molecule has 0 bridgehead atoms. The van der Waals surface area contributed by atoms with Crippen LogP contribution in [0, 0.1) is 6.92 Å². The van der Waals surface area contributed by atoms with E-state index in [-0.39, 0.29) is 19.1 Å². The fourth-order valence-corrected chi connectivity index (χ4v) is 1.61. The lowest BCUT2D eigenvalue weighted by molar-refractivity contribution is 0.0944. The molecule has 0 saturated heterocycles. The van der Waals surface area contributed by atoms with E-state index in [2.05, 4.69) is 10.3 Å². The second kappa shape index (κ2) is 6.68. The molecule has 0 unspecified atom stereocenters. The van der Waals surface area contributed by atoms with Crippen LogP contribution in [-0.2, 0) is 0 Å². The predicted molar refractivity (Wildman–Crippen MR) is 74.9 cm³/mol. The van der Waals surface area contributed by atoms with Crippen molar-refractivity contribution >= 4 is 5.91 Å². The van der Waals surface area contributed by atoms with Gasteiger partial charge in [0.05, 0.1) is 18.4 Å². The largest absolute Gasteiger partial charge is 0.456 e. The lowest BCUT2D eigenvalue weighted by atomic mass is 10.2. The number of pyridine rings is 1. The first kappa shape index (κ1) is 14.0. The molecule has 1 aromatic carbocycles. The second-order valence-electron chi connectivity index (χ2n) is 4.30. The number of hydrogen-bond acceptors (Lipinski definition) is 4. The van der Waals surface area contributed by atoms with Crippen molar-refractivity contribution in [2.45, 2.75) is 6.92 Å². The fraction of sp³-hybridized carbons (Fsp3) is 0.200. The maximum Gasteiger partial charge on any atom is 0.253 e. The first-order chi connectivity index (χ1) is 9.69. The molecule has 5 heteroatoms. The average molecular weight is 272 g/mol. The highest BCUT2D eigenvalue weighted by atomic mass is 16.5. The number of aliphatic hydroxyl groups excluding tert-OH is 1. The van der Waals surface area contributed by atoms with Gasteiger partial charge in [-0.3, -0.25) is 9.78 Å². The number of ether oxygens (including phenoxy) is 1. The molecular formula is C15H16N2O3. The number of aliphatic hydroxyl groups is 1. The minimum absolute atomic E-state index is 0.0985. The number of benzene rings is 1. The summed E-state index contributed by atoms with van der Waals surface area (Å²) >= 11 is 0. The molecule has 2 N–H and O–H groups in total. The van der Waals surface area contributed by atoms with Gasteiger partial charge in [-0.25, -0.2) is 0 Å². The van der Waals surface area contributed by atoms with Crippen LogP contribution < -0.4 is 10.1 Å². The van der Waals surface area contributed by atoms with Gasteiger partial charge in [0.2, 0.25) is 0 Å². The van der Waals surface area contributed by atoms with Crippen LogP contribution in [0.25, 0.3) is 0 Å². The Morgan fingerprint density at radius 1 is 1.25 bits per heavy atom. The van der Waals surface area contributed by atoms with E-state index in [9.17, 15) is 4.79 Å². The molecule has 1 aromatic heterocycles. The molecule has 2 aromatic rings. The molecule has 1 heterocycles. The summed E-state index contributed by atoms with van der Waals surface area (Å²) in [6, 6.07) is 9.21. The summed E-state index contributed by atoms with van der Waals surface area (Å²) in [5.74, 6) is 0.886. The molecule has 0 radical (unpaired) electrons. The van der Waals surface area contributed by atoms with E-state index in [1.54, 1.807) is 12.3 Å². The van der Waals surface area contributed by atoms with E-state index in [0.717, 1.165) is 5.56 Å². The van der Waals surface area contributed by atoms with Gasteiger partial charge in [-0.1, -0.05) is 17.7 Å². The average Bonchev–Trinajstić information content (AvgIpc) is 2.47. The van der Waals surface area contributed by atoms with E-state index >= 15 is 0 Å². The minimum atomic E-state index is -0.291. The monoisotopic (exact) mass is 272 g/mol. The summed E-state index contributed by atoms with van der Waals surface area (Å²) in [7, 11) is 0. The smallest absolute Gasteiger partial charge is 0.253 e. The van der Waals surface area contributed by atoms with Crippen molar-refractivity contribution in [2.75, 3.05) is 13.2 Å². The lowest BCUT2D eigenvalue weighted by Gasteiger charge is -2.07. The van der Waals surface area contributed by atoms with Crippen LogP contribution in [0.1, 0.15) is 15.9 Å². The molecule has 0 saturated carbocycles. The maximum absolute atomic E-state index is 11.7. The molecule has 0 aliphatic rings. The minimum Gasteiger partial charge on any atom is -0.456 e. The third-order valence-corrected chi connectivity index (χ3v) is 2.63. The Bertz CT molecular complexity index is 582. The maximum atomic E-state index is 11.7. The summed E-state index contributed by atoms with van der Waals surface area (Å²) in [5.41, 5.74) is 1.54. The van der Waals surface area contributed by atoms with Crippen molar-refractivity contribution in [1.82, 2.24) is 10.3 Å². The van der Waals surface area contributed by atoms with Crippen LogP contribution in [0.2, 0.25) is 0 Å². The Morgan fingerprint density at radius 2 is 2.00 bits per heavy atom. The molecule has 5 nitrogen and oxygen atoms in total. The van der Waals surface area contributed by atoms with Gasteiger partial charge in [-0.05, 0) is 25.1 Å². The molecule has 0 fully saturated rings. The highest BCUT2D eigenvalue weighted by Gasteiger charge is 2.07. The van der Waals surface area contributed by atoms with Crippen LogP contribution >= 0.6 is 0 Å². The van der Waals surface area contributed by atoms with Crippen molar-refractivity contribution in [3.05, 3.63) is 53.9 Å². The van der Waals surface area contributed by atoms with Crippen molar-refractivity contribution in [3.8, 4) is 11.5 Å². The van der Waals surface area contributed by atoms with Gasteiger partial charge in [0, 0.05) is 12.7 Å². The summed E-state index contributed by atoms with van der Waals surface area (Å²) < 4.78 is 5.64. The number of aromatic nitrogens is 1. The van der Waals surface area contributed by atoms with Crippen LogP contribution in [0.5, 0.6) is 11.5 Å². The zero-order chi connectivity index (χ0) is 14.4. The Hall–Kier alpha value is -2.40. The number of hydrogen-bond donors (Lipinski definition) is 2. The molecule has 0 atom stereocenters. The molecule has 0 aliphatic heterocycles. The Labute approximate surface area is 117 Å². The first-order valence-corrected chi connectivity index (χ1v) is 6.27. The normalized spacial score (nSPS) is 10.1. The predicted octanol–water partition coefficient (Wildman–Crippen LogP) is 1.90. The Kier molecular flexibility index (Phi) is 4.68.